The van der Waals surface area contributed by atoms with Crippen LogP contribution < -0.4 is 0 Å². The zero-order valence-electron chi connectivity index (χ0n) is 12.7. The highest BCUT2D eigenvalue weighted by Gasteiger charge is 2.25. The molecule has 0 unspecified atom stereocenters. The molecule has 1 aliphatic heterocycles. The predicted molar refractivity (Wildman–Crippen MR) is 84.6 cm³/mol. The molecule has 1 saturated heterocycles. The molecular formula is C16H23ClN2O2. The van der Waals surface area contributed by atoms with Gasteiger partial charge in [0.2, 0.25) is 0 Å². The second-order valence-corrected chi connectivity index (χ2v) is 6.48. The van der Waals surface area contributed by atoms with E-state index in [4.69, 9.17) is 11.6 Å². The average Bonchev–Trinajstić information content (AvgIpc) is 2.46. The Hall–Kier alpha value is -1.10. The van der Waals surface area contributed by atoms with Crippen LogP contribution in [0.1, 0.15) is 29.8 Å². The molecule has 5 heteroatoms. The lowest BCUT2D eigenvalue weighted by atomic mass is 10.1. The van der Waals surface area contributed by atoms with Gasteiger partial charge in [0.05, 0.1) is 5.60 Å². The van der Waals surface area contributed by atoms with E-state index in [1.165, 1.54) is 0 Å². The summed E-state index contributed by atoms with van der Waals surface area (Å²) in [6, 6.07) is 7.46. The minimum Gasteiger partial charge on any atom is -0.389 e. The number of carbonyl (C=O) groups is 1. The van der Waals surface area contributed by atoms with E-state index in [1.54, 1.807) is 0 Å². The van der Waals surface area contributed by atoms with Gasteiger partial charge in [0.15, 0.2) is 0 Å². The second kappa shape index (κ2) is 6.77. The number of piperazine rings is 1. The van der Waals surface area contributed by atoms with Gasteiger partial charge in [-0.3, -0.25) is 9.69 Å². The maximum absolute atomic E-state index is 12.4. The summed E-state index contributed by atoms with van der Waals surface area (Å²) in [4.78, 5) is 16.5. The number of benzene rings is 1. The van der Waals surface area contributed by atoms with Crippen LogP contribution in [-0.4, -0.2) is 59.1 Å². The van der Waals surface area contributed by atoms with Crippen molar-refractivity contribution >= 4 is 17.5 Å². The molecule has 1 fully saturated rings. The molecule has 0 spiro atoms. The van der Waals surface area contributed by atoms with Crippen LogP contribution in [0.15, 0.2) is 24.3 Å². The van der Waals surface area contributed by atoms with Gasteiger partial charge in [-0.1, -0.05) is 12.1 Å². The van der Waals surface area contributed by atoms with Gasteiger partial charge in [-0.05, 0) is 31.5 Å². The largest absolute Gasteiger partial charge is 0.389 e. The molecule has 0 aliphatic carbocycles. The topological polar surface area (TPSA) is 43.8 Å². The Morgan fingerprint density at radius 2 is 1.76 bits per heavy atom. The van der Waals surface area contributed by atoms with Crippen LogP contribution in [0.5, 0.6) is 0 Å². The number of rotatable bonds is 4. The quantitative estimate of drug-likeness (QED) is 0.865. The first-order valence-corrected chi connectivity index (χ1v) is 7.81. The number of β-amino-alcohol motifs (C(OH)–C–C–N with tert-alkyl or cyclic N) is 1. The van der Waals surface area contributed by atoms with Crippen LogP contribution >= 0.6 is 11.6 Å². The fourth-order valence-corrected chi connectivity index (χ4v) is 2.75. The molecule has 116 valence electrons. The Balaban J connectivity index is 1.90. The fourth-order valence-electron chi connectivity index (χ4n) is 2.58. The van der Waals surface area contributed by atoms with Crippen molar-refractivity contribution < 1.29 is 9.90 Å². The minimum atomic E-state index is -0.691. The highest BCUT2D eigenvalue weighted by Crippen LogP contribution is 2.13. The highest BCUT2D eigenvalue weighted by molar-refractivity contribution is 6.17. The Labute approximate surface area is 131 Å². The third kappa shape index (κ3) is 4.70. The molecule has 1 N–H and O–H groups in total. The highest BCUT2D eigenvalue weighted by atomic mass is 35.5. The normalized spacial score (nSPS) is 17.0. The van der Waals surface area contributed by atoms with E-state index < -0.39 is 5.60 Å². The molecule has 1 aromatic rings. The number of hydrogen-bond acceptors (Lipinski definition) is 3. The Bertz CT molecular complexity index is 474. The first-order chi connectivity index (χ1) is 9.89. The summed E-state index contributed by atoms with van der Waals surface area (Å²) in [6.45, 7) is 7.26. The van der Waals surface area contributed by atoms with Crippen LogP contribution in [0, 0.1) is 0 Å². The van der Waals surface area contributed by atoms with Gasteiger partial charge >= 0.3 is 0 Å². The van der Waals surface area contributed by atoms with Crippen molar-refractivity contribution in [3.05, 3.63) is 35.4 Å². The van der Waals surface area contributed by atoms with Crippen molar-refractivity contribution in [2.24, 2.45) is 0 Å². The average molecular weight is 311 g/mol. The lowest BCUT2D eigenvalue weighted by molar-refractivity contribution is 0.0178. The molecule has 4 nitrogen and oxygen atoms in total. The van der Waals surface area contributed by atoms with Crippen molar-refractivity contribution in [3.63, 3.8) is 0 Å². The summed E-state index contributed by atoms with van der Waals surface area (Å²) in [5.74, 6) is 0.531. The van der Waals surface area contributed by atoms with E-state index in [0.717, 1.165) is 18.7 Å². The number of aliphatic hydroxyl groups is 1. The number of nitrogens with zero attached hydrogens (tertiary/aromatic N) is 2. The van der Waals surface area contributed by atoms with Gasteiger partial charge < -0.3 is 10.0 Å². The van der Waals surface area contributed by atoms with E-state index in [9.17, 15) is 9.90 Å². The molecular weight excluding hydrogens is 288 g/mol. The fraction of sp³-hybridized carbons (Fsp3) is 0.562. The van der Waals surface area contributed by atoms with E-state index >= 15 is 0 Å². The lowest BCUT2D eigenvalue weighted by Gasteiger charge is -2.37. The smallest absolute Gasteiger partial charge is 0.253 e. The summed E-state index contributed by atoms with van der Waals surface area (Å²) < 4.78 is 0. The Morgan fingerprint density at radius 3 is 2.24 bits per heavy atom. The number of halogens is 1. The maximum atomic E-state index is 12.4. The predicted octanol–water partition coefficient (Wildman–Crippen LogP) is 1.95. The van der Waals surface area contributed by atoms with Crippen molar-refractivity contribution in [2.45, 2.75) is 25.3 Å². The Kier molecular flexibility index (Phi) is 5.25. The summed E-state index contributed by atoms with van der Waals surface area (Å²) in [6.07, 6.45) is 0. The second-order valence-electron chi connectivity index (χ2n) is 6.21. The standard InChI is InChI=1S/C16H23ClN2O2/c1-16(2,21)12-18-7-9-19(10-8-18)15(20)14-5-3-13(11-17)4-6-14/h3-6,21H,7-12H2,1-2H3. The lowest BCUT2D eigenvalue weighted by Crippen LogP contribution is -2.51. The van der Waals surface area contributed by atoms with Gasteiger partial charge in [-0.25, -0.2) is 0 Å². The number of hydrogen-bond donors (Lipinski definition) is 1. The van der Waals surface area contributed by atoms with Crippen molar-refractivity contribution in [3.8, 4) is 0 Å². The number of amides is 1. The first-order valence-electron chi connectivity index (χ1n) is 7.28. The van der Waals surface area contributed by atoms with Crippen molar-refractivity contribution in [1.29, 1.82) is 0 Å². The molecule has 1 aliphatic rings. The van der Waals surface area contributed by atoms with Gasteiger partial charge in [-0.15, -0.1) is 11.6 Å². The van der Waals surface area contributed by atoms with Crippen LogP contribution in [0.2, 0.25) is 0 Å². The maximum Gasteiger partial charge on any atom is 0.253 e. The molecule has 0 atom stereocenters. The van der Waals surface area contributed by atoms with Crippen LogP contribution in [0.3, 0.4) is 0 Å². The molecule has 1 amide bonds. The molecule has 2 rings (SSSR count). The molecule has 1 aromatic carbocycles. The van der Waals surface area contributed by atoms with Crippen molar-refractivity contribution in [2.75, 3.05) is 32.7 Å². The monoisotopic (exact) mass is 310 g/mol. The minimum absolute atomic E-state index is 0.0685. The van der Waals surface area contributed by atoms with E-state index in [-0.39, 0.29) is 5.91 Å². The zero-order chi connectivity index (χ0) is 15.5. The molecule has 21 heavy (non-hydrogen) atoms. The third-order valence-electron chi connectivity index (χ3n) is 3.63. The van der Waals surface area contributed by atoms with Crippen LogP contribution in [-0.2, 0) is 5.88 Å². The van der Waals surface area contributed by atoms with Gasteiger partial charge in [-0.2, -0.15) is 0 Å². The van der Waals surface area contributed by atoms with Crippen LogP contribution in [0.4, 0.5) is 0 Å². The molecule has 0 saturated carbocycles. The summed E-state index contributed by atoms with van der Waals surface area (Å²) in [5, 5.41) is 9.84. The number of alkyl halides is 1. The first kappa shape index (κ1) is 16.3. The van der Waals surface area contributed by atoms with Crippen LogP contribution in [0.25, 0.3) is 0 Å². The molecule has 0 radical (unpaired) electrons. The summed E-state index contributed by atoms with van der Waals surface area (Å²) in [7, 11) is 0. The van der Waals surface area contributed by atoms with E-state index in [0.29, 0.717) is 31.1 Å². The number of carbonyl (C=O) groups excluding carboxylic acids is 1. The zero-order valence-corrected chi connectivity index (χ0v) is 13.4. The van der Waals surface area contributed by atoms with Crippen molar-refractivity contribution in [1.82, 2.24) is 9.80 Å². The van der Waals surface area contributed by atoms with Gasteiger partial charge in [0.25, 0.3) is 5.91 Å². The Morgan fingerprint density at radius 1 is 1.19 bits per heavy atom. The molecule has 0 aromatic heterocycles. The summed E-state index contributed by atoms with van der Waals surface area (Å²) in [5.41, 5.74) is 1.03. The van der Waals surface area contributed by atoms with E-state index in [1.807, 2.05) is 43.0 Å². The molecule has 0 bridgehead atoms. The van der Waals surface area contributed by atoms with E-state index in [2.05, 4.69) is 4.90 Å². The summed E-state index contributed by atoms with van der Waals surface area (Å²) >= 11 is 5.76. The van der Waals surface area contributed by atoms with Gasteiger partial charge in [0, 0.05) is 44.2 Å². The SMILES string of the molecule is CC(C)(O)CN1CCN(C(=O)c2ccc(CCl)cc2)CC1. The molecule has 1 heterocycles. The third-order valence-corrected chi connectivity index (χ3v) is 3.93. The van der Waals surface area contributed by atoms with Gasteiger partial charge in [0.1, 0.15) is 0 Å².